The molecule has 0 bridgehead atoms. The van der Waals surface area contributed by atoms with Crippen LogP contribution in [0.3, 0.4) is 0 Å². The van der Waals surface area contributed by atoms with E-state index in [9.17, 15) is 9.59 Å². The van der Waals surface area contributed by atoms with E-state index in [0.29, 0.717) is 19.7 Å². The van der Waals surface area contributed by atoms with Crippen molar-refractivity contribution in [2.24, 2.45) is 5.92 Å². The molecule has 2 heterocycles. The Balaban J connectivity index is 1.92. The number of fused-ring (bicyclic) bond motifs is 1. The van der Waals surface area contributed by atoms with Crippen molar-refractivity contribution < 1.29 is 14.3 Å². The topological polar surface area (TPSA) is 49.9 Å². The smallest absolute Gasteiger partial charge is 0.232 e. The molecule has 118 valence electrons. The minimum atomic E-state index is -0.0642. The van der Waals surface area contributed by atoms with E-state index in [2.05, 4.69) is 0 Å². The quantitative estimate of drug-likeness (QED) is 0.799. The molecular formula is C17H22N2O3. The number of carbonyl (C=O) groups excluding carboxylic acids is 2. The Hall–Kier alpha value is -1.88. The van der Waals surface area contributed by atoms with Crippen molar-refractivity contribution in [3.8, 4) is 0 Å². The Morgan fingerprint density at radius 1 is 1.09 bits per heavy atom. The second kappa shape index (κ2) is 6.48. The Bertz CT molecular complexity index is 567. The molecule has 5 nitrogen and oxygen atoms in total. The number of amides is 2. The first-order valence-electron chi connectivity index (χ1n) is 7.95. The molecule has 0 radical (unpaired) electrons. The highest BCUT2D eigenvalue weighted by Gasteiger charge is 2.31. The van der Waals surface area contributed by atoms with Crippen LogP contribution < -0.4 is 9.80 Å². The summed E-state index contributed by atoms with van der Waals surface area (Å²) >= 11 is 0. The lowest BCUT2D eigenvalue weighted by molar-refractivity contribution is -0.126. The summed E-state index contributed by atoms with van der Waals surface area (Å²) in [5, 5.41) is 0. The fourth-order valence-electron chi connectivity index (χ4n) is 3.26. The maximum atomic E-state index is 12.9. The van der Waals surface area contributed by atoms with Crippen LogP contribution >= 0.6 is 0 Å². The van der Waals surface area contributed by atoms with Crippen molar-refractivity contribution >= 4 is 23.2 Å². The zero-order valence-corrected chi connectivity index (χ0v) is 13.0. The first kappa shape index (κ1) is 15.0. The van der Waals surface area contributed by atoms with Gasteiger partial charge in [-0.3, -0.25) is 9.59 Å². The van der Waals surface area contributed by atoms with Gasteiger partial charge in [-0.1, -0.05) is 12.1 Å². The molecule has 2 aliphatic heterocycles. The van der Waals surface area contributed by atoms with E-state index >= 15 is 0 Å². The van der Waals surface area contributed by atoms with Gasteiger partial charge in [-0.05, 0) is 31.4 Å². The van der Waals surface area contributed by atoms with Crippen molar-refractivity contribution in [1.82, 2.24) is 0 Å². The Morgan fingerprint density at radius 2 is 1.77 bits per heavy atom. The summed E-state index contributed by atoms with van der Waals surface area (Å²) in [5.41, 5.74) is 1.67. The van der Waals surface area contributed by atoms with Gasteiger partial charge in [-0.2, -0.15) is 0 Å². The first-order valence-corrected chi connectivity index (χ1v) is 7.95. The Morgan fingerprint density at radius 3 is 2.41 bits per heavy atom. The van der Waals surface area contributed by atoms with Gasteiger partial charge in [-0.15, -0.1) is 0 Å². The molecule has 2 aliphatic rings. The summed E-state index contributed by atoms with van der Waals surface area (Å²) in [7, 11) is 0. The number of hydrogen-bond acceptors (Lipinski definition) is 3. The van der Waals surface area contributed by atoms with Crippen LogP contribution in [0, 0.1) is 5.92 Å². The molecule has 0 saturated carbocycles. The zero-order valence-electron chi connectivity index (χ0n) is 13.0. The fraction of sp³-hybridized carbons (Fsp3) is 0.529. The first-order chi connectivity index (χ1) is 10.7. The van der Waals surface area contributed by atoms with Gasteiger partial charge in [0.2, 0.25) is 11.8 Å². The Kier molecular flexibility index (Phi) is 4.43. The van der Waals surface area contributed by atoms with E-state index in [4.69, 9.17) is 4.74 Å². The highest BCUT2D eigenvalue weighted by Crippen LogP contribution is 2.33. The van der Waals surface area contributed by atoms with Gasteiger partial charge in [0.05, 0.1) is 23.9 Å². The number of anilines is 2. The number of ether oxygens (including phenoxy) is 1. The fourth-order valence-corrected chi connectivity index (χ4v) is 3.26. The van der Waals surface area contributed by atoms with Crippen molar-refractivity contribution in [2.75, 3.05) is 36.1 Å². The molecule has 1 saturated heterocycles. The van der Waals surface area contributed by atoms with E-state index in [1.165, 1.54) is 0 Å². The maximum absolute atomic E-state index is 12.9. The van der Waals surface area contributed by atoms with Crippen LogP contribution in [0.2, 0.25) is 0 Å². The van der Waals surface area contributed by atoms with Crippen LogP contribution in [0.5, 0.6) is 0 Å². The number of benzene rings is 1. The van der Waals surface area contributed by atoms with Crippen molar-refractivity contribution in [2.45, 2.75) is 26.2 Å². The second-order valence-corrected chi connectivity index (χ2v) is 5.92. The highest BCUT2D eigenvalue weighted by molar-refractivity contribution is 6.02. The number of carbonyl (C=O) groups is 2. The molecule has 0 aliphatic carbocycles. The van der Waals surface area contributed by atoms with Gasteiger partial charge in [0, 0.05) is 26.6 Å². The van der Waals surface area contributed by atoms with Crippen LogP contribution in [-0.4, -0.2) is 38.1 Å². The van der Waals surface area contributed by atoms with Crippen molar-refractivity contribution in [1.29, 1.82) is 0 Å². The van der Waals surface area contributed by atoms with Gasteiger partial charge in [0.25, 0.3) is 0 Å². The van der Waals surface area contributed by atoms with E-state index < -0.39 is 0 Å². The summed E-state index contributed by atoms with van der Waals surface area (Å²) in [6.07, 6.45) is 2.60. The van der Waals surface area contributed by atoms with Gasteiger partial charge in [0.15, 0.2) is 0 Å². The van der Waals surface area contributed by atoms with E-state index in [-0.39, 0.29) is 17.7 Å². The number of hydrogen-bond donors (Lipinski definition) is 0. The molecule has 0 spiro atoms. The molecule has 22 heavy (non-hydrogen) atoms. The van der Waals surface area contributed by atoms with Crippen molar-refractivity contribution in [3.05, 3.63) is 24.3 Å². The van der Waals surface area contributed by atoms with E-state index in [0.717, 1.165) is 37.2 Å². The predicted octanol–water partition coefficient (Wildman–Crippen LogP) is 2.20. The highest BCUT2D eigenvalue weighted by atomic mass is 16.5. The molecule has 3 rings (SSSR count). The molecule has 1 fully saturated rings. The normalized spacial score (nSPS) is 22.0. The standard InChI is InChI=1S/C17H22N2O3/c1-13(20)18-9-5-10-19(16-8-3-2-7-15(16)18)17(21)14-6-4-11-22-12-14/h2-3,7-8,14H,4-6,9-12H2,1H3/t14-/m0/s1. The number of para-hydroxylation sites is 2. The average molecular weight is 302 g/mol. The van der Waals surface area contributed by atoms with Crippen LogP contribution in [0.15, 0.2) is 24.3 Å². The lowest BCUT2D eigenvalue weighted by Crippen LogP contribution is -2.40. The third-order valence-electron chi connectivity index (χ3n) is 4.38. The molecule has 2 amide bonds. The minimum absolute atomic E-state index is 0.0164. The third kappa shape index (κ3) is 2.86. The van der Waals surface area contributed by atoms with Crippen LogP contribution in [0.4, 0.5) is 11.4 Å². The van der Waals surface area contributed by atoms with Gasteiger partial charge < -0.3 is 14.5 Å². The van der Waals surface area contributed by atoms with Crippen LogP contribution in [-0.2, 0) is 14.3 Å². The molecule has 1 atom stereocenters. The Labute approximate surface area is 130 Å². The monoisotopic (exact) mass is 302 g/mol. The molecule has 0 unspecified atom stereocenters. The SMILES string of the molecule is CC(=O)N1CCCN(C(=O)[C@H]2CCCOC2)c2ccccc21. The lowest BCUT2D eigenvalue weighted by Gasteiger charge is -2.29. The summed E-state index contributed by atoms with van der Waals surface area (Å²) in [6, 6.07) is 7.67. The summed E-state index contributed by atoms with van der Waals surface area (Å²) < 4.78 is 5.46. The molecule has 0 aromatic heterocycles. The van der Waals surface area contributed by atoms with Gasteiger partial charge in [-0.25, -0.2) is 0 Å². The minimum Gasteiger partial charge on any atom is -0.381 e. The second-order valence-electron chi connectivity index (χ2n) is 5.92. The van der Waals surface area contributed by atoms with E-state index in [1.807, 2.05) is 29.2 Å². The summed E-state index contributed by atoms with van der Waals surface area (Å²) in [6.45, 7) is 4.13. The average Bonchev–Trinajstić information content (AvgIpc) is 2.74. The van der Waals surface area contributed by atoms with Crippen LogP contribution in [0.1, 0.15) is 26.2 Å². The number of rotatable bonds is 1. The molecule has 5 heteroatoms. The zero-order chi connectivity index (χ0) is 15.5. The third-order valence-corrected chi connectivity index (χ3v) is 4.38. The summed E-state index contributed by atoms with van der Waals surface area (Å²) in [5.74, 6) is 0.0750. The number of nitrogens with zero attached hydrogens (tertiary/aromatic N) is 2. The van der Waals surface area contributed by atoms with Gasteiger partial charge >= 0.3 is 0 Å². The van der Waals surface area contributed by atoms with Crippen LogP contribution in [0.25, 0.3) is 0 Å². The summed E-state index contributed by atoms with van der Waals surface area (Å²) in [4.78, 5) is 28.4. The largest absolute Gasteiger partial charge is 0.381 e. The van der Waals surface area contributed by atoms with Gasteiger partial charge in [0.1, 0.15) is 0 Å². The molecular weight excluding hydrogens is 280 g/mol. The van der Waals surface area contributed by atoms with E-state index in [1.54, 1.807) is 11.8 Å². The molecule has 1 aromatic rings. The lowest BCUT2D eigenvalue weighted by atomic mass is 10.00. The van der Waals surface area contributed by atoms with Crippen molar-refractivity contribution in [3.63, 3.8) is 0 Å². The maximum Gasteiger partial charge on any atom is 0.232 e. The molecule has 1 aromatic carbocycles. The molecule has 0 N–H and O–H groups in total. The predicted molar refractivity (Wildman–Crippen MR) is 85.0 cm³/mol.